The van der Waals surface area contributed by atoms with Gasteiger partial charge >= 0.3 is 0 Å². The standard InChI is InChI=1S/C18H27N3O.2ClH/c19-17-8-7-14(11-17)18(22)20-12-15-5-1-2-6-16(15)13-21-9-3-4-10-21;;/h1-2,5-6,14,17H,3-4,7-13,19H2,(H,20,22);2*1H. The Labute approximate surface area is 157 Å². The smallest absolute Gasteiger partial charge is 0.223 e. The van der Waals surface area contributed by atoms with Gasteiger partial charge in [-0.2, -0.15) is 0 Å². The van der Waals surface area contributed by atoms with E-state index in [2.05, 4.69) is 34.5 Å². The van der Waals surface area contributed by atoms with Crippen molar-refractivity contribution in [1.82, 2.24) is 10.2 Å². The molecule has 1 amide bonds. The molecule has 1 heterocycles. The van der Waals surface area contributed by atoms with Crippen molar-refractivity contribution in [2.75, 3.05) is 13.1 Å². The second-order valence-electron chi connectivity index (χ2n) is 6.74. The second kappa shape index (κ2) is 10.2. The van der Waals surface area contributed by atoms with Crippen molar-refractivity contribution in [2.24, 2.45) is 11.7 Å². The highest BCUT2D eigenvalue weighted by molar-refractivity contribution is 5.85. The van der Waals surface area contributed by atoms with Crippen molar-refractivity contribution in [2.45, 2.75) is 51.2 Å². The molecule has 0 aromatic heterocycles. The van der Waals surface area contributed by atoms with Gasteiger partial charge in [0.05, 0.1) is 0 Å². The summed E-state index contributed by atoms with van der Waals surface area (Å²) in [4.78, 5) is 14.7. The van der Waals surface area contributed by atoms with Crippen LogP contribution in [0.15, 0.2) is 24.3 Å². The van der Waals surface area contributed by atoms with Crippen LogP contribution in [0.25, 0.3) is 0 Å². The molecular formula is C18H29Cl2N3O. The third kappa shape index (κ3) is 5.62. The first-order chi connectivity index (χ1) is 10.7. The fourth-order valence-corrected chi connectivity index (χ4v) is 3.65. The summed E-state index contributed by atoms with van der Waals surface area (Å²) in [5.41, 5.74) is 8.48. The molecule has 136 valence electrons. The van der Waals surface area contributed by atoms with Crippen LogP contribution in [0, 0.1) is 5.92 Å². The quantitative estimate of drug-likeness (QED) is 0.833. The van der Waals surface area contributed by atoms with Crippen LogP contribution in [0.3, 0.4) is 0 Å². The topological polar surface area (TPSA) is 58.4 Å². The number of nitrogens with one attached hydrogen (secondary N) is 1. The third-order valence-electron chi connectivity index (χ3n) is 5.01. The molecule has 3 rings (SSSR count). The molecule has 1 aliphatic heterocycles. The minimum Gasteiger partial charge on any atom is -0.352 e. The van der Waals surface area contributed by atoms with E-state index in [1.54, 1.807) is 0 Å². The van der Waals surface area contributed by atoms with Crippen LogP contribution in [0.2, 0.25) is 0 Å². The Morgan fingerprint density at radius 2 is 1.79 bits per heavy atom. The van der Waals surface area contributed by atoms with E-state index in [9.17, 15) is 4.79 Å². The number of nitrogens with zero attached hydrogens (tertiary/aromatic N) is 1. The van der Waals surface area contributed by atoms with E-state index >= 15 is 0 Å². The summed E-state index contributed by atoms with van der Waals surface area (Å²) in [5, 5.41) is 3.11. The minimum absolute atomic E-state index is 0. The van der Waals surface area contributed by atoms with Crippen LogP contribution in [-0.4, -0.2) is 29.9 Å². The average Bonchev–Trinajstić information content (AvgIpc) is 3.18. The Morgan fingerprint density at radius 3 is 2.42 bits per heavy atom. The molecule has 0 radical (unpaired) electrons. The lowest BCUT2D eigenvalue weighted by molar-refractivity contribution is -0.125. The first kappa shape index (κ1) is 21.2. The van der Waals surface area contributed by atoms with Gasteiger partial charge in [0.2, 0.25) is 5.91 Å². The Morgan fingerprint density at radius 1 is 1.12 bits per heavy atom. The number of likely N-dealkylation sites (tertiary alicyclic amines) is 1. The first-order valence-corrected chi connectivity index (χ1v) is 8.55. The molecule has 24 heavy (non-hydrogen) atoms. The predicted octanol–water partition coefficient (Wildman–Crippen LogP) is 2.87. The van der Waals surface area contributed by atoms with Crippen LogP contribution in [0.4, 0.5) is 0 Å². The largest absolute Gasteiger partial charge is 0.352 e. The number of nitrogens with two attached hydrogens (primary N) is 1. The highest BCUT2D eigenvalue weighted by Gasteiger charge is 2.27. The van der Waals surface area contributed by atoms with Crippen molar-refractivity contribution in [3.05, 3.63) is 35.4 Å². The van der Waals surface area contributed by atoms with Gasteiger partial charge in [-0.15, -0.1) is 24.8 Å². The van der Waals surface area contributed by atoms with Crippen LogP contribution < -0.4 is 11.1 Å². The van der Waals surface area contributed by atoms with Crippen molar-refractivity contribution in [1.29, 1.82) is 0 Å². The summed E-state index contributed by atoms with van der Waals surface area (Å²) in [6, 6.07) is 8.67. The van der Waals surface area contributed by atoms with Crippen molar-refractivity contribution >= 4 is 30.7 Å². The molecule has 3 N–H and O–H groups in total. The molecule has 2 aliphatic rings. The fraction of sp³-hybridized carbons (Fsp3) is 0.611. The van der Waals surface area contributed by atoms with E-state index in [4.69, 9.17) is 5.73 Å². The lowest BCUT2D eigenvalue weighted by Crippen LogP contribution is -2.30. The normalized spacial score (nSPS) is 23.4. The Bertz CT molecular complexity index is 521. The summed E-state index contributed by atoms with van der Waals surface area (Å²) in [6.45, 7) is 4.02. The molecule has 1 aliphatic carbocycles. The number of benzene rings is 1. The van der Waals surface area contributed by atoms with Gasteiger partial charge in [-0.1, -0.05) is 24.3 Å². The fourth-order valence-electron chi connectivity index (χ4n) is 3.65. The Kier molecular flexibility index (Phi) is 9.06. The van der Waals surface area contributed by atoms with E-state index in [0.29, 0.717) is 6.54 Å². The number of carbonyl (C=O) groups is 1. The molecular weight excluding hydrogens is 345 g/mol. The van der Waals surface area contributed by atoms with Crippen LogP contribution >= 0.6 is 24.8 Å². The monoisotopic (exact) mass is 373 g/mol. The number of halogens is 2. The molecule has 2 fully saturated rings. The lowest BCUT2D eigenvalue weighted by Gasteiger charge is -2.18. The van der Waals surface area contributed by atoms with Gasteiger partial charge in [0.1, 0.15) is 0 Å². The summed E-state index contributed by atoms with van der Waals surface area (Å²) in [7, 11) is 0. The lowest BCUT2D eigenvalue weighted by atomic mass is 10.0. The van der Waals surface area contributed by atoms with E-state index in [0.717, 1.165) is 25.8 Å². The number of hydrogen-bond donors (Lipinski definition) is 2. The van der Waals surface area contributed by atoms with Gasteiger partial charge in [0.15, 0.2) is 0 Å². The van der Waals surface area contributed by atoms with Crippen molar-refractivity contribution < 1.29 is 4.79 Å². The number of rotatable bonds is 5. The highest BCUT2D eigenvalue weighted by Crippen LogP contribution is 2.24. The van der Waals surface area contributed by atoms with E-state index < -0.39 is 0 Å². The Balaban J connectivity index is 0.00000144. The van der Waals surface area contributed by atoms with Crippen LogP contribution in [0.5, 0.6) is 0 Å². The maximum absolute atomic E-state index is 12.2. The number of carbonyl (C=O) groups excluding carboxylic acids is 1. The molecule has 1 saturated carbocycles. The zero-order valence-electron chi connectivity index (χ0n) is 14.1. The Hall–Kier alpha value is -0.810. The summed E-state index contributed by atoms with van der Waals surface area (Å²) < 4.78 is 0. The maximum Gasteiger partial charge on any atom is 0.223 e. The molecule has 6 heteroatoms. The highest BCUT2D eigenvalue weighted by atomic mass is 35.5. The van der Waals surface area contributed by atoms with Crippen LogP contribution in [-0.2, 0) is 17.9 Å². The van der Waals surface area contributed by atoms with Crippen molar-refractivity contribution in [3.63, 3.8) is 0 Å². The molecule has 0 bridgehead atoms. The zero-order valence-corrected chi connectivity index (χ0v) is 15.7. The predicted molar refractivity (Wildman–Crippen MR) is 103 cm³/mol. The molecule has 1 saturated heterocycles. The van der Waals surface area contributed by atoms with Crippen molar-refractivity contribution in [3.8, 4) is 0 Å². The summed E-state index contributed by atoms with van der Waals surface area (Å²) >= 11 is 0. The van der Waals surface area contributed by atoms with Gasteiger partial charge in [-0.25, -0.2) is 0 Å². The molecule has 1 aromatic rings. The molecule has 0 spiro atoms. The zero-order chi connectivity index (χ0) is 15.4. The third-order valence-corrected chi connectivity index (χ3v) is 5.01. The van der Waals surface area contributed by atoms with E-state index in [1.165, 1.54) is 37.1 Å². The van der Waals surface area contributed by atoms with Gasteiger partial charge in [0, 0.05) is 25.0 Å². The molecule has 2 atom stereocenters. The number of amides is 1. The van der Waals surface area contributed by atoms with Crippen LogP contribution in [0.1, 0.15) is 43.2 Å². The van der Waals surface area contributed by atoms with Gasteiger partial charge in [0.25, 0.3) is 0 Å². The average molecular weight is 374 g/mol. The maximum atomic E-state index is 12.2. The molecule has 2 unspecified atom stereocenters. The molecule has 1 aromatic carbocycles. The van der Waals surface area contributed by atoms with Gasteiger partial charge in [-0.3, -0.25) is 9.69 Å². The molecule has 4 nitrogen and oxygen atoms in total. The minimum atomic E-state index is 0. The second-order valence-corrected chi connectivity index (χ2v) is 6.74. The van der Waals surface area contributed by atoms with Gasteiger partial charge < -0.3 is 11.1 Å². The van der Waals surface area contributed by atoms with E-state index in [1.807, 2.05) is 0 Å². The van der Waals surface area contributed by atoms with Gasteiger partial charge in [-0.05, 0) is 56.3 Å². The number of hydrogen-bond acceptors (Lipinski definition) is 3. The SMILES string of the molecule is Cl.Cl.NC1CCC(C(=O)NCc2ccccc2CN2CCCC2)C1. The van der Waals surface area contributed by atoms with E-state index in [-0.39, 0.29) is 42.7 Å². The first-order valence-electron chi connectivity index (χ1n) is 8.55. The summed E-state index contributed by atoms with van der Waals surface area (Å²) in [5.74, 6) is 0.282. The summed E-state index contributed by atoms with van der Waals surface area (Å²) in [6.07, 6.45) is 5.36.